The Morgan fingerprint density at radius 1 is 1.30 bits per heavy atom. The number of hydrogen-bond donors (Lipinski definition) is 1. The number of nitrogens with zero attached hydrogens (tertiary/aromatic N) is 3. The summed E-state index contributed by atoms with van der Waals surface area (Å²) in [5.41, 5.74) is -3.04. The quantitative estimate of drug-likeness (QED) is 0.794. The van der Waals surface area contributed by atoms with Crippen LogP contribution in [0.1, 0.15) is 22.5 Å². The predicted molar refractivity (Wildman–Crippen MR) is 91.1 cm³/mol. The molecule has 1 aliphatic heterocycles. The molecule has 0 saturated carbocycles. The third kappa shape index (κ3) is 3.35. The third-order valence-electron chi connectivity index (χ3n) is 3.93. The highest BCUT2D eigenvalue weighted by Crippen LogP contribution is 2.44. The van der Waals surface area contributed by atoms with Gasteiger partial charge in [0, 0.05) is 5.38 Å². The molecule has 3 rings (SSSR count). The zero-order chi connectivity index (χ0) is 19.8. The van der Waals surface area contributed by atoms with Crippen LogP contribution in [0.25, 0.3) is 0 Å². The highest BCUT2D eigenvalue weighted by molar-refractivity contribution is 7.14. The highest BCUT2D eigenvalue weighted by atomic mass is 32.1. The molecule has 0 unspecified atom stereocenters. The molecule has 1 N–H and O–H groups in total. The molecule has 1 atom stereocenters. The number of ether oxygens (including phenoxy) is 2. The smallest absolute Gasteiger partial charge is 0.438 e. The Labute approximate surface area is 155 Å². The Morgan fingerprint density at radius 2 is 1.96 bits per heavy atom. The summed E-state index contributed by atoms with van der Waals surface area (Å²) >= 11 is 0.739. The third-order valence-corrected chi connectivity index (χ3v) is 4.75. The molecule has 0 saturated heterocycles. The zero-order valence-corrected chi connectivity index (χ0v) is 15.0. The first-order valence-corrected chi connectivity index (χ1v) is 8.42. The van der Waals surface area contributed by atoms with E-state index in [-0.39, 0.29) is 16.5 Å². The highest BCUT2D eigenvalue weighted by Gasteiger charge is 2.62. The first-order chi connectivity index (χ1) is 12.7. The Bertz CT molecular complexity index is 882. The van der Waals surface area contributed by atoms with Gasteiger partial charge in [0.05, 0.1) is 26.4 Å². The predicted octanol–water partition coefficient (Wildman–Crippen LogP) is 2.80. The van der Waals surface area contributed by atoms with E-state index >= 15 is 0 Å². The van der Waals surface area contributed by atoms with Crippen molar-refractivity contribution in [3.8, 4) is 5.75 Å². The van der Waals surface area contributed by atoms with Crippen LogP contribution in [0.2, 0.25) is 0 Å². The van der Waals surface area contributed by atoms with Crippen LogP contribution < -0.4 is 9.75 Å². The number of aromatic nitrogens is 1. The molecule has 0 spiro atoms. The summed E-state index contributed by atoms with van der Waals surface area (Å²) in [5.74, 6) is -0.269. The molecule has 1 aromatic heterocycles. The number of anilines is 1. The molecule has 0 bridgehead atoms. The molecule has 1 aliphatic rings. The molecule has 144 valence electrons. The maximum atomic E-state index is 13.6. The number of hydrazone groups is 1. The minimum Gasteiger partial charge on any atom is -0.497 e. The van der Waals surface area contributed by atoms with Gasteiger partial charge in [0.1, 0.15) is 5.75 Å². The van der Waals surface area contributed by atoms with E-state index in [4.69, 9.17) is 4.74 Å². The second-order valence-corrected chi connectivity index (χ2v) is 6.42. The van der Waals surface area contributed by atoms with E-state index in [0.717, 1.165) is 18.4 Å². The minimum atomic E-state index is -5.01. The lowest BCUT2D eigenvalue weighted by Gasteiger charge is -2.32. The van der Waals surface area contributed by atoms with Crippen molar-refractivity contribution < 1.29 is 32.5 Å². The monoisotopic (exact) mass is 401 g/mol. The lowest BCUT2D eigenvalue weighted by molar-refractivity contribution is -0.254. The first-order valence-electron chi connectivity index (χ1n) is 7.54. The van der Waals surface area contributed by atoms with Gasteiger partial charge in [0.15, 0.2) is 5.69 Å². The molecular formula is C16H14F3N3O4S. The Hall–Kier alpha value is -2.66. The molecule has 0 amide bonds. The molecule has 1 aromatic carbocycles. The van der Waals surface area contributed by atoms with Crippen LogP contribution >= 0.6 is 11.3 Å². The second-order valence-electron chi connectivity index (χ2n) is 5.59. The summed E-state index contributed by atoms with van der Waals surface area (Å²) in [5, 5.41) is 15.7. The van der Waals surface area contributed by atoms with Crippen molar-refractivity contribution in [2.75, 3.05) is 19.2 Å². The number of carbonyl (C=O) groups is 1. The van der Waals surface area contributed by atoms with Gasteiger partial charge in [-0.15, -0.1) is 11.3 Å². The second kappa shape index (κ2) is 6.82. The average molecular weight is 401 g/mol. The van der Waals surface area contributed by atoms with E-state index in [1.165, 1.54) is 12.5 Å². The minimum absolute atomic E-state index is 0.0206. The molecule has 2 heterocycles. The van der Waals surface area contributed by atoms with Gasteiger partial charge >= 0.3 is 12.1 Å². The Balaban J connectivity index is 2.02. The van der Waals surface area contributed by atoms with Crippen LogP contribution in [0.5, 0.6) is 5.75 Å². The van der Waals surface area contributed by atoms with Gasteiger partial charge in [-0.25, -0.2) is 9.78 Å². The summed E-state index contributed by atoms with van der Waals surface area (Å²) in [6.45, 7) is 0. The number of rotatable bonds is 4. The average Bonchev–Trinajstić information content (AvgIpc) is 3.26. The number of halogens is 3. The largest absolute Gasteiger partial charge is 0.497 e. The van der Waals surface area contributed by atoms with Crippen LogP contribution in [0.4, 0.5) is 18.3 Å². The number of benzene rings is 1. The van der Waals surface area contributed by atoms with Crippen LogP contribution in [0.15, 0.2) is 34.7 Å². The van der Waals surface area contributed by atoms with Crippen LogP contribution in [-0.4, -0.2) is 47.9 Å². The van der Waals surface area contributed by atoms with Gasteiger partial charge in [-0.1, -0.05) is 0 Å². The number of methoxy groups -OCH3 is 2. The summed E-state index contributed by atoms with van der Waals surface area (Å²) in [7, 11) is 2.59. The van der Waals surface area contributed by atoms with Gasteiger partial charge in [-0.05, 0) is 29.8 Å². The number of aliphatic hydroxyl groups is 1. The lowest BCUT2D eigenvalue weighted by atomic mass is 10.0. The SMILES string of the molecule is COC(=O)c1csc(N2N=C(c3ccc(OC)cc3)C[C@@]2(O)C(F)(F)F)n1. The van der Waals surface area contributed by atoms with Gasteiger partial charge < -0.3 is 14.6 Å². The van der Waals surface area contributed by atoms with Crippen molar-refractivity contribution in [2.24, 2.45) is 5.10 Å². The number of alkyl halides is 3. The molecular weight excluding hydrogens is 387 g/mol. The van der Waals surface area contributed by atoms with E-state index < -0.39 is 24.3 Å². The molecule has 0 fully saturated rings. The van der Waals surface area contributed by atoms with Gasteiger partial charge in [0.2, 0.25) is 5.13 Å². The van der Waals surface area contributed by atoms with E-state index in [1.54, 1.807) is 24.3 Å². The van der Waals surface area contributed by atoms with E-state index in [0.29, 0.717) is 16.3 Å². The van der Waals surface area contributed by atoms with Gasteiger partial charge in [0.25, 0.3) is 5.72 Å². The summed E-state index contributed by atoms with van der Waals surface area (Å²) in [6.07, 6.45) is -5.81. The fourth-order valence-electron chi connectivity index (χ4n) is 2.47. The fraction of sp³-hybridized carbons (Fsp3) is 0.312. The van der Waals surface area contributed by atoms with E-state index in [1.807, 2.05) is 0 Å². The molecule has 0 radical (unpaired) electrons. The zero-order valence-electron chi connectivity index (χ0n) is 14.1. The van der Waals surface area contributed by atoms with Crippen molar-refractivity contribution in [1.29, 1.82) is 0 Å². The maximum Gasteiger partial charge on any atom is 0.438 e. The normalized spacial score (nSPS) is 19.8. The maximum absolute atomic E-state index is 13.6. The van der Waals surface area contributed by atoms with Gasteiger partial charge in [-0.2, -0.15) is 23.3 Å². The van der Waals surface area contributed by atoms with Crippen molar-refractivity contribution in [3.63, 3.8) is 0 Å². The van der Waals surface area contributed by atoms with E-state index in [9.17, 15) is 23.1 Å². The fourth-order valence-corrected chi connectivity index (χ4v) is 3.28. The van der Waals surface area contributed by atoms with E-state index in [2.05, 4.69) is 14.8 Å². The number of esters is 1. The first kappa shape index (κ1) is 19.1. The Kier molecular flexibility index (Phi) is 4.82. The Morgan fingerprint density at radius 3 is 2.52 bits per heavy atom. The molecule has 0 aliphatic carbocycles. The standard InChI is InChI=1S/C16H14F3N3O4S/c1-25-10-5-3-9(4-6-10)11-7-15(24,16(17,18)19)22(21-11)14-20-12(8-27-14)13(23)26-2/h3-6,8,24H,7H2,1-2H3/t15-/m1/s1. The summed E-state index contributed by atoms with van der Waals surface area (Å²) < 4.78 is 50.4. The number of thiazole rings is 1. The van der Waals surface area contributed by atoms with Crippen LogP contribution in [0, 0.1) is 0 Å². The molecule has 7 nitrogen and oxygen atoms in total. The topological polar surface area (TPSA) is 84.2 Å². The molecule has 11 heteroatoms. The number of carbonyl (C=O) groups excluding carboxylic acids is 1. The summed E-state index contributed by atoms with van der Waals surface area (Å²) in [4.78, 5) is 15.3. The lowest BCUT2D eigenvalue weighted by Crippen LogP contribution is -2.55. The van der Waals surface area contributed by atoms with Crippen molar-refractivity contribution >= 4 is 28.1 Å². The van der Waals surface area contributed by atoms with Crippen molar-refractivity contribution in [2.45, 2.75) is 18.3 Å². The molecule has 2 aromatic rings. The van der Waals surface area contributed by atoms with Gasteiger partial charge in [-0.3, -0.25) is 0 Å². The van der Waals surface area contributed by atoms with Crippen molar-refractivity contribution in [1.82, 2.24) is 4.98 Å². The number of hydrogen-bond acceptors (Lipinski definition) is 8. The summed E-state index contributed by atoms with van der Waals surface area (Å²) in [6, 6.07) is 6.23. The van der Waals surface area contributed by atoms with Crippen LogP contribution in [0.3, 0.4) is 0 Å². The molecule has 27 heavy (non-hydrogen) atoms. The van der Waals surface area contributed by atoms with Crippen molar-refractivity contribution in [3.05, 3.63) is 40.9 Å². The van der Waals surface area contributed by atoms with Crippen LogP contribution in [-0.2, 0) is 4.74 Å².